The van der Waals surface area contributed by atoms with E-state index in [-0.39, 0.29) is 5.56 Å². The molecular weight excluding hydrogens is 223 g/mol. The predicted octanol–water partition coefficient (Wildman–Crippen LogP) is 2.86. The lowest BCUT2D eigenvalue weighted by molar-refractivity contribution is 0.619. The van der Waals surface area contributed by atoms with Gasteiger partial charge in [0, 0.05) is 6.54 Å². The summed E-state index contributed by atoms with van der Waals surface area (Å²) in [5, 5.41) is 12.0. The van der Waals surface area contributed by atoms with Crippen molar-refractivity contribution in [2.45, 2.75) is 6.42 Å². The fraction of sp³-hybridized carbons (Fsp3) is 0.417. The lowest BCUT2D eigenvalue weighted by Gasteiger charge is -2.12. The first kappa shape index (κ1) is 11.3. The predicted molar refractivity (Wildman–Crippen MR) is 65.0 cm³/mol. The van der Waals surface area contributed by atoms with Crippen LogP contribution in [0.2, 0.25) is 0 Å². The molecule has 1 aliphatic heterocycles. The van der Waals surface area contributed by atoms with Crippen LogP contribution in [0, 0.1) is 23.1 Å². The third kappa shape index (κ3) is 2.48. The highest BCUT2D eigenvalue weighted by Gasteiger charge is 2.16. The van der Waals surface area contributed by atoms with Crippen molar-refractivity contribution in [1.29, 1.82) is 5.26 Å². The Balaban J connectivity index is 2.03. The lowest BCUT2D eigenvalue weighted by Crippen LogP contribution is -2.14. The van der Waals surface area contributed by atoms with Crippen LogP contribution < -0.4 is 5.32 Å². The van der Waals surface area contributed by atoms with Crippen LogP contribution in [0.1, 0.15) is 12.0 Å². The average Bonchev–Trinajstić information content (AvgIpc) is 2.79. The topological polar surface area (TPSA) is 35.8 Å². The van der Waals surface area contributed by atoms with E-state index in [2.05, 4.69) is 5.32 Å². The van der Waals surface area contributed by atoms with Gasteiger partial charge >= 0.3 is 0 Å². The highest BCUT2D eigenvalue weighted by molar-refractivity contribution is 7.99. The van der Waals surface area contributed by atoms with E-state index in [9.17, 15) is 4.39 Å². The van der Waals surface area contributed by atoms with Gasteiger partial charge in [-0.1, -0.05) is 6.07 Å². The van der Waals surface area contributed by atoms with Crippen molar-refractivity contribution < 1.29 is 4.39 Å². The van der Waals surface area contributed by atoms with Crippen LogP contribution in [0.25, 0.3) is 0 Å². The zero-order valence-corrected chi connectivity index (χ0v) is 9.69. The van der Waals surface area contributed by atoms with Gasteiger partial charge in [-0.15, -0.1) is 0 Å². The molecule has 4 heteroatoms. The molecule has 1 aliphatic rings. The minimum absolute atomic E-state index is 0.119. The number of benzene rings is 1. The quantitative estimate of drug-likeness (QED) is 0.876. The summed E-state index contributed by atoms with van der Waals surface area (Å²) in [5.74, 6) is 2.55. The molecule has 1 aromatic rings. The summed E-state index contributed by atoms with van der Waals surface area (Å²) in [6.07, 6.45) is 1.20. The van der Waals surface area contributed by atoms with Gasteiger partial charge in [-0.25, -0.2) is 4.39 Å². The van der Waals surface area contributed by atoms with Crippen molar-refractivity contribution in [3.63, 3.8) is 0 Å². The van der Waals surface area contributed by atoms with Gasteiger partial charge in [0.1, 0.15) is 17.4 Å². The van der Waals surface area contributed by atoms with Gasteiger partial charge < -0.3 is 5.32 Å². The Morgan fingerprint density at radius 3 is 3.12 bits per heavy atom. The van der Waals surface area contributed by atoms with E-state index >= 15 is 0 Å². The molecule has 0 saturated carbocycles. The summed E-state index contributed by atoms with van der Waals surface area (Å²) >= 11 is 1.95. The van der Waals surface area contributed by atoms with Crippen molar-refractivity contribution in [1.82, 2.24) is 0 Å². The molecule has 2 rings (SSSR count). The Bertz CT molecular complexity index is 408. The third-order valence-corrected chi connectivity index (χ3v) is 3.96. The van der Waals surface area contributed by atoms with Crippen LogP contribution in [0.5, 0.6) is 0 Å². The van der Waals surface area contributed by atoms with E-state index in [1.165, 1.54) is 18.2 Å². The molecule has 1 unspecified atom stereocenters. The Hall–Kier alpha value is -1.21. The summed E-state index contributed by atoms with van der Waals surface area (Å²) in [5.41, 5.74) is 0.729. The fourth-order valence-corrected chi connectivity index (χ4v) is 3.07. The van der Waals surface area contributed by atoms with Crippen LogP contribution in [0.15, 0.2) is 18.2 Å². The van der Waals surface area contributed by atoms with Crippen LogP contribution in [0.4, 0.5) is 10.1 Å². The summed E-state index contributed by atoms with van der Waals surface area (Å²) in [7, 11) is 0. The van der Waals surface area contributed by atoms with Crippen LogP contribution in [-0.2, 0) is 0 Å². The number of hydrogen-bond donors (Lipinski definition) is 1. The Kier molecular flexibility index (Phi) is 3.68. The first-order valence-electron chi connectivity index (χ1n) is 5.31. The van der Waals surface area contributed by atoms with Crippen molar-refractivity contribution in [2.24, 2.45) is 5.92 Å². The van der Waals surface area contributed by atoms with Crippen LogP contribution in [0.3, 0.4) is 0 Å². The van der Waals surface area contributed by atoms with Gasteiger partial charge in [-0.2, -0.15) is 17.0 Å². The molecule has 1 heterocycles. The maximum absolute atomic E-state index is 13.3. The molecule has 16 heavy (non-hydrogen) atoms. The average molecular weight is 236 g/mol. The summed E-state index contributed by atoms with van der Waals surface area (Å²) in [6, 6.07) is 6.59. The first-order chi connectivity index (χ1) is 7.81. The van der Waals surface area contributed by atoms with E-state index in [4.69, 9.17) is 5.26 Å². The number of anilines is 1. The van der Waals surface area contributed by atoms with Gasteiger partial charge in [-0.05, 0) is 36.0 Å². The van der Waals surface area contributed by atoms with Crippen LogP contribution >= 0.6 is 11.8 Å². The van der Waals surface area contributed by atoms with Crippen molar-refractivity contribution in [2.75, 3.05) is 23.4 Å². The molecule has 1 atom stereocenters. The second-order valence-electron chi connectivity index (χ2n) is 3.88. The molecule has 0 amide bonds. The Labute approximate surface area is 98.8 Å². The second kappa shape index (κ2) is 5.22. The zero-order valence-electron chi connectivity index (χ0n) is 8.87. The van der Waals surface area contributed by atoms with Crippen molar-refractivity contribution >= 4 is 17.4 Å². The number of rotatable bonds is 3. The smallest absolute Gasteiger partial charge is 0.143 e. The number of hydrogen-bond acceptors (Lipinski definition) is 3. The molecule has 2 nitrogen and oxygen atoms in total. The van der Waals surface area contributed by atoms with E-state index in [1.54, 1.807) is 12.1 Å². The van der Waals surface area contributed by atoms with Crippen molar-refractivity contribution in [3.8, 4) is 6.07 Å². The highest BCUT2D eigenvalue weighted by Crippen LogP contribution is 2.24. The van der Waals surface area contributed by atoms with E-state index in [0.29, 0.717) is 11.6 Å². The maximum Gasteiger partial charge on any atom is 0.143 e. The normalized spacial score (nSPS) is 19.4. The molecule has 1 fully saturated rings. The Morgan fingerprint density at radius 1 is 1.56 bits per heavy atom. The van der Waals surface area contributed by atoms with Gasteiger partial charge in [0.2, 0.25) is 0 Å². The number of thioether (sulfide) groups is 1. The van der Waals surface area contributed by atoms with Gasteiger partial charge in [0.15, 0.2) is 0 Å². The monoisotopic (exact) mass is 236 g/mol. The largest absolute Gasteiger partial charge is 0.384 e. The molecule has 0 aromatic heterocycles. The van der Waals surface area contributed by atoms with Gasteiger partial charge in [-0.3, -0.25) is 0 Å². The molecule has 84 valence electrons. The molecule has 0 radical (unpaired) electrons. The molecular formula is C12H13FN2S. The number of nitriles is 1. The minimum atomic E-state index is -0.451. The summed E-state index contributed by atoms with van der Waals surface area (Å²) in [6.45, 7) is 0.825. The summed E-state index contributed by atoms with van der Waals surface area (Å²) < 4.78 is 13.3. The molecule has 1 aromatic carbocycles. The van der Waals surface area contributed by atoms with Crippen molar-refractivity contribution in [3.05, 3.63) is 29.6 Å². The number of nitrogens with zero attached hydrogens (tertiary/aromatic N) is 1. The number of nitrogens with one attached hydrogen (secondary N) is 1. The maximum atomic E-state index is 13.3. The molecule has 0 aliphatic carbocycles. The highest BCUT2D eigenvalue weighted by atomic mass is 32.2. The Morgan fingerprint density at radius 2 is 2.44 bits per heavy atom. The van der Waals surface area contributed by atoms with Crippen LogP contribution in [-0.4, -0.2) is 18.1 Å². The number of halogens is 1. The molecule has 0 spiro atoms. The second-order valence-corrected chi connectivity index (χ2v) is 5.03. The third-order valence-electron chi connectivity index (χ3n) is 2.73. The van der Waals surface area contributed by atoms with Gasteiger partial charge in [0.25, 0.3) is 0 Å². The molecule has 0 bridgehead atoms. The van der Waals surface area contributed by atoms with E-state index < -0.39 is 5.82 Å². The minimum Gasteiger partial charge on any atom is -0.384 e. The SMILES string of the molecule is N#Cc1c(F)cccc1NCC1CCSC1. The fourth-order valence-electron chi connectivity index (χ4n) is 1.78. The molecule has 1 saturated heterocycles. The molecule has 1 N–H and O–H groups in total. The lowest BCUT2D eigenvalue weighted by atomic mass is 10.1. The van der Waals surface area contributed by atoms with E-state index in [1.807, 2.05) is 17.8 Å². The van der Waals surface area contributed by atoms with Gasteiger partial charge in [0.05, 0.1) is 5.69 Å². The summed E-state index contributed by atoms with van der Waals surface area (Å²) in [4.78, 5) is 0. The zero-order chi connectivity index (χ0) is 11.4. The standard InChI is InChI=1S/C12H13FN2S/c13-11-2-1-3-12(10(11)6-14)15-7-9-4-5-16-8-9/h1-3,9,15H,4-5,7-8H2. The first-order valence-corrected chi connectivity index (χ1v) is 6.47. The van der Waals surface area contributed by atoms with E-state index in [0.717, 1.165) is 12.3 Å².